The lowest BCUT2D eigenvalue weighted by Gasteiger charge is -2.19. The quantitative estimate of drug-likeness (QED) is 0.591. The van der Waals surface area contributed by atoms with Gasteiger partial charge in [0.1, 0.15) is 12.4 Å². The minimum Gasteiger partial charge on any atom is -0.492 e. The molecule has 0 heterocycles. The molecule has 1 aromatic carbocycles. The first-order valence-corrected chi connectivity index (χ1v) is 7.38. The maximum Gasteiger partial charge on any atom is 0.119 e. The van der Waals surface area contributed by atoms with Crippen LogP contribution in [0.15, 0.2) is 49.6 Å². The Kier molecular flexibility index (Phi) is 7.74. The van der Waals surface area contributed by atoms with Gasteiger partial charge >= 0.3 is 0 Å². The summed E-state index contributed by atoms with van der Waals surface area (Å²) in [5, 5.41) is 0. The molecule has 0 aliphatic carbocycles. The molecule has 20 heavy (non-hydrogen) atoms. The molecule has 0 saturated carbocycles. The normalized spacial score (nSPS) is 12.2. The van der Waals surface area contributed by atoms with Gasteiger partial charge in [0.2, 0.25) is 0 Å². The van der Waals surface area contributed by atoms with E-state index in [2.05, 4.69) is 56.2 Å². The van der Waals surface area contributed by atoms with Crippen LogP contribution in [-0.2, 0) is 0 Å². The average molecular weight is 273 g/mol. The number of hydrogen-bond acceptors (Lipinski definition) is 2. The third-order valence-corrected chi connectivity index (χ3v) is 3.51. The van der Waals surface area contributed by atoms with Gasteiger partial charge in [0, 0.05) is 19.6 Å². The fraction of sp³-hybridized carbons (Fsp3) is 0.444. The highest BCUT2D eigenvalue weighted by atomic mass is 16.5. The maximum absolute atomic E-state index is 5.79. The van der Waals surface area contributed by atoms with Crippen molar-refractivity contribution < 1.29 is 4.74 Å². The standard InChI is InChI=1S/C18H27NO/c1-5-12-19(13-6-2)14-15-20-18-10-8-17(9-11-18)16(4)7-3/h5-6,8-11,16H,1-2,7,12-15H2,3-4H3. The summed E-state index contributed by atoms with van der Waals surface area (Å²) in [5.41, 5.74) is 1.37. The fourth-order valence-electron chi connectivity index (χ4n) is 2.04. The van der Waals surface area contributed by atoms with Crippen LogP contribution in [0.1, 0.15) is 31.7 Å². The van der Waals surface area contributed by atoms with Crippen molar-refractivity contribution in [2.24, 2.45) is 0 Å². The molecule has 1 rings (SSSR count). The Hall–Kier alpha value is -1.54. The van der Waals surface area contributed by atoms with E-state index in [-0.39, 0.29) is 0 Å². The summed E-state index contributed by atoms with van der Waals surface area (Å²) in [4.78, 5) is 2.24. The van der Waals surface area contributed by atoms with Crippen molar-refractivity contribution in [2.45, 2.75) is 26.2 Å². The van der Waals surface area contributed by atoms with E-state index in [0.717, 1.165) is 31.8 Å². The van der Waals surface area contributed by atoms with Crippen molar-refractivity contribution in [3.63, 3.8) is 0 Å². The van der Waals surface area contributed by atoms with Gasteiger partial charge in [-0.15, -0.1) is 13.2 Å². The molecule has 0 amide bonds. The van der Waals surface area contributed by atoms with Crippen LogP contribution in [0.2, 0.25) is 0 Å². The summed E-state index contributed by atoms with van der Waals surface area (Å²) in [6.07, 6.45) is 4.98. The van der Waals surface area contributed by atoms with Gasteiger partial charge in [-0.25, -0.2) is 0 Å². The minimum absolute atomic E-state index is 0.611. The van der Waals surface area contributed by atoms with Gasteiger partial charge in [-0.3, -0.25) is 4.90 Å². The first-order valence-electron chi connectivity index (χ1n) is 7.38. The van der Waals surface area contributed by atoms with Gasteiger partial charge in [0.05, 0.1) is 0 Å². The zero-order chi connectivity index (χ0) is 14.8. The molecule has 0 aliphatic rings. The predicted molar refractivity (Wildman–Crippen MR) is 87.5 cm³/mol. The SMILES string of the molecule is C=CCN(CC=C)CCOc1ccc(C(C)CC)cc1. The van der Waals surface area contributed by atoms with Crippen LogP contribution >= 0.6 is 0 Å². The molecule has 0 aliphatic heterocycles. The second kappa shape index (κ2) is 9.38. The zero-order valence-corrected chi connectivity index (χ0v) is 12.8. The Morgan fingerprint density at radius 3 is 2.25 bits per heavy atom. The Labute approximate surface area is 123 Å². The van der Waals surface area contributed by atoms with Gasteiger partial charge in [-0.1, -0.05) is 38.1 Å². The minimum atomic E-state index is 0.611. The third kappa shape index (κ3) is 5.62. The van der Waals surface area contributed by atoms with Crippen LogP contribution in [0.3, 0.4) is 0 Å². The van der Waals surface area contributed by atoms with Crippen LogP contribution in [0.5, 0.6) is 5.75 Å². The van der Waals surface area contributed by atoms with Crippen molar-refractivity contribution in [1.29, 1.82) is 0 Å². The van der Waals surface area contributed by atoms with Gasteiger partial charge in [0.15, 0.2) is 0 Å². The van der Waals surface area contributed by atoms with Gasteiger partial charge < -0.3 is 4.74 Å². The van der Waals surface area contributed by atoms with Crippen LogP contribution < -0.4 is 4.74 Å². The van der Waals surface area contributed by atoms with Gasteiger partial charge in [-0.2, -0.15) is 0 Å². The Morgan fingerprint density at radius 2 is 1.75 bits per heavy atom. The molecule has 110 valence electrons. The number of nitrogens with zero attached hydrogens (tertiary/aromatic N) is 1. The van der Waals surface area contributed by atoms with E-state index in [4.69, 9.17) is 4.74 Å². The summed E-state index contributed by atoms with van der Waals surface area (Å²) in [6, 6.07) is 8.45. The molecule has 1 unspecified atom stereocenters. The Morgan fingerprint density at radius 1 is 1.15 bits per heavy atom. The molecule has 2 heteroatoms. The van der Waals surface area contributed by atoms with Crippen molar-refractivity contribution in [3.8, 4) is 5.75 Å². The summed E-state index contributed by atoms with van der Waals surface area (Å²) in [5.74, 6) is 1.55. The van der Waals surface area contributed by atoms with E-state index in [9.17, 15) is 0 Å². The van der Waals surface area contributed by atoms with E-state index in [1.54, 1.807) is 0 Å². The number of hydrogen-bond donors (Lipinski definition) is 0. The van der Waals surface area contributed by atoms with Crippen LogP contribution in [-0.4, -0.2) is 31.1 Å². The summed E-state index contributed by atoms with van der Waals surface area (Å²) >= 11 is 0. The van der Waals surface area contributed by atoms with Crippen molar-refractivity contribution in [1.82, 2.24) is 4.90 Å². The number of rotatable bonds is 10. The smallest absolute Gasteiger partial charge is 0.119 e. The average Bonchev–Trinajstić information content (AvgIpc) is 2.47. The molecule has 0 fully saturated rings. The Balaban J connectivity index is 2.41. The second-order valence-corrected chi connectivity index (χ2v) is 5.06. The van der Waals surface area contributed by atoms with Gasteiger partial charge in [0.25, 0.3) is 0 Å². The van der Waals surface area contributed by atoms with Crippen molar-refractivity contribution >= 4 is 0 Å². The predicted octanol–water partition coefficient (Wildman–Crippen LogP) is 4.25. The zero-order valence-electron chi connectivity index (χ0n) is 12.8. The lowest BCUT2D eigenvalue weighted by atomic mass is 9.99. The number of ether oxygens (including phenoxy) is 1. The van der Waals surface area contributed by atoms with Crippen LogP contribution in [0.4, 0.5) is 0 Å². The molecular weight excluding hydrogens is 246 g/mol. The third-order valence-electron chi connectivity index (χ3n) is 3.51. The molecule has 0 aromatic heterocycles. The lowest BCUT2D eigenvalue weighted by Crippen LogP contribution is -2.28. The molecule has 0 spiro atoms. The van der Waals surface area contributed by atoms with Crippen molar-refractivity contribution in [3.05, 3.63) is 55.1 Å². The van der Waals surface area contributed by atoms with Crippen LogP contribution in [0, 0.1) is 0 Å². The monoisotopic (exact) mass is 273 g/mol. The highest BCUT2D eigenvalue weighted by Crippen LogP contribution is 2.21. The summed E-state index contributed by atoms with van der Waals surface area (Å²) in [7, 11) is 0. The highest BCUT2D eigenvalue weighted by Gasteiger charge is 2.04. The fourth-order valence-corrected chi connectivity index (χ4v) is 2.04. The van der Waals surface area contributed by atoms with Crippen molar-refractivity contribution in [2.75, 3.05) is 26.2 Å². The van der Waals surface area contributed by atoms with E-state index < -0.39 is 0 Å². The second-order valence-electron chi connectivity index (χ2n) is 5.06. The van der Waals surface area contributed by atoms with E-state index in [0.29, 0.717) is 12.5 Å². The summed E-state index contributed by atoms with van der Waals surface area (Å²) in [6.45, 7) is 15.3. The first-order chi connectivity index (χ1) is 9.71. The topological polar surface area (TPSA) is 12.5 Å². The molecule has 0 radical (unpaired) electrons. The first kappa shape index (κ1) is 16.5. The molecule has 1 aromatic rings. The van der Waals surface area contributed by atoms with Crippen LogP contribution in [0.25, 0.3) is 0 Å². The highest BCUT2D eigenvalue weighted by molar-refractivity contribution is 5.29. The van der Waals surface area contributed by atoms with E-state index in [1.807, 2.05) is 12.2 Å². The molecule has 1 atom stereocenters. The molecule has 0 N–H and O–H groups in total. The Bertz CT molecular complexity index is 386. The molecule has 0 saturated heterocycles. The molecular formula is C18H27NO. The van der Waals surface area contributed by atoms with Gasteiger partial charge in [-0.05, 0) is 30.0 Å². The van der Waals surface area contributed by atoms with E-state index >= 15 is 0 Å². The molecule has 0 bridgehead atoms. The van der Waals surface area contributed by atoms with E-state index in [1.165, 1.54) is 5.56 Å². The summed E-state index contributed by atoms with van der Waals surface area (Å²) < 4.78 is 5.79. The number of benzene rings is 1. The molecule has 2 nitrogen and oxygen atoms in total. The maximum atomic E-state index is 5.79. The largest absolute Gasteiger partial charge is 0.492 e. The lowest BCUT2D eigenvalue weighted by molar-refractivity contribution is 0.236.